The second-order valence-corrected chi connectivity index (χ2v) is 6.68. The van der Waals surface area contributed by atoms with Gasteiger partial charge in [-0.2, -0.15) is 4.98 Å². The van der Waals surface area contributed by atoms with Gasteiger partial charge >= 0.3 is 0 Å². The average molecular weight is 387 g/mol. The van der Waals surface area contributed by atoms with Crippen molar-refractivity contribution in [3.8, 4) is 11.5 Å². The van der Waals surface area contributed by atoms with Crippen LogP contribution in [0.25, 0.3) is 11.5 Å². The van der Waals surface area contributed by atoms with E-state index in [0.29, 0.717) is 24.5 Å². The Labute approximate surface area is 158 Å². The summed E-state index contributed by atoms with van der Waals surface area (Å²) in [6.45, 7) is 0.858. The fourth-order valence-corrected chi connectivity index (χ4v) is 3.29. The van der Waals surface area contributed by atoms with Crippen LogP contribution in [-0.2, 0) is 0 Å². The van der Waals surface area contributed by atoms with Crippen LogP contribution in [0.15, 0.2) is 47.0 Å². The lowest BCUT2D eigenvalue weighted by molar-refractivity contribution is 0.0703. The van der Waals surface area contributed by atoms with Crippen LogP contribution in [0.3, 0.4) is 0 Å². The summed E-state index contributed by atoms with van der Waals surface area (Å²) in [5, 5.41) is 4.00. The minimum Gasteiger partial charge on any atom is -0.338 e. The molecular weight excluding hydrogens is 371 g/mol. The molecule has 144 valence electrons. The van der Waals surface area contributed by atoms with E-state index in [1.165, 1.54) is 18.2 Å². The van der Waals surface area contributed by atoms with Crippen LogP contribution in [0.5, 0.6) is 0 Å². The van der Waals surface area contributed by atoms with Gasteiger partial charge < -0.3 is 9.42 Å². The molecule has 2 heterocycles. The summed E-state index contributed by atoms with van der Waals surface area (Å²) in [7, 11) is 0. The summed E-state index contributed by atoms with van der Waals surface area (Å²) < 4.78 is 44.9. The first-order valence-corrected chi connectivity index (χ1v) is 8.85. The van der Waals surface area contributed by atoms with Crippen molar-refractivity contribution in [3.63, 3.8) is 0 Å². The minimum atomic E-state index is -1.05. The number of rotatable bonds is 3. The maximum Gasteiger partial charge on any atom is 0.257 e. The fraction of sp³-hybridized carbons (Fsp3) is 0.250. The number of hydrogen-bond acceptors (Lipinski definition) is 4. The van der Waals surface area contributed by atoms with Crippen molar-refractivity contribution in [2.24, 2.45) is 0 Å². The SMILES string of the molecule is O=C(c1ccc(F)c(F)c1)N1CCC[C@H](c2noc(-c3ccc(F)cc3)n2)C1. The molecule has 0 spiro atoms. The molecule has 1 aliphatic heterocycles. The molecule has 5 nitrogen and oxygen atoms in total. The lowest BCUT2D eigenvalue weighted by Gasteiger charge is -2.31. The van der Waals surface area contributed by atoms with E-state index in [-0.39, 0.29) is 29.1 Å². The van der Waals surface area contributed by atoms with Gasteiger partial charge in [0.05, 0.1) is 0 Å². The summed E-state index contributed by atoms with van der Waals surface area (Å²) in [6.07, 6.45) is 1.49. The van der Waals surface area contributed by atoms with Gasteiger partial charge in [-0.25, -0.2) is 13.2 Å². The van der Waals surface area contributed by atoms with Crippen LogP contribution >= 0.6 is 0 Å². The third-order valence-corrected chi connectivity index (χ3v) is 4.77. The molecule has 0 N–H and O–H groups in total. The Morgan fingerprint density at radius 2 is 1.86 bits per heavy atom. The van der Waals surface area contributed by atoms with Gasteiger partial charge in [0.2, 0.25) is 0 Å². The van der Waals surface area contributed by atoms with Crippen LogP contribution in [0, 0.1) is 17.5 Å². The van der Waals surface area contributed by atoms with Crippen molar-refractivity contribution in [2.75, 3.05) is 13.1 Å². The van der Waals surface area contributed by atoms with E-state index in [9.17, 15) is 18.0 Å². The normalized spacial score (nSPS) is 17.0. The largest absolute Gasteiger partial charge is 0.338 e. The van der Waals surface area contributed by atoms with E-state index in [0.717, 1.165) is 25.0 Å². The Hall–Kier alpha value is -3.16. The molecule has 0 unspecified atom stereocenters. The molecule has 4 rings (SSSR count). The number of piperidine rings is 1. The molecule has 1 aromatic heterocycles. The topological polar surface area (TPSA) is 59.2 Å². The van der Waals surface area contributed by atoms with E-state index >= 15 is 0 Å². The van der Waals surface area contributed by atoms with Crippen molar-refractivity contribution in [1.82, 2.24) is 15.0 Å². The number of benzene rings is 2. The molecule has 1 atom stereocenters. The Kier molecular flexibility index (Phi) is 4.85. The van der Waals surface area contributed by atoms with Crippen LogP contribution in [0.4, 0.5) is 13.2 Å². The zero-order valence-corrected chi connectivity index (χ0v) is 14.7. The van der Waals surface area contributed by atoms with Crippen molar-refractivity contribution in [1.29, 1.82) is 0 Å². The van der Waals surface area contributed by atoms with Gasteiger partial charge in [-0.15, -0.1) is 0 Å². The van der Waals surface area contributed by atoms with E-state index in [2.05, 4.69) is 10.1 Å². The molecule has 3 aromatic rings. The van der Waals surface area contributed by atoms with Crippen molar-refractivity contribution < 1.29 is 22.5 Å². The molecule has 0 bridgehead atoms. The molecular formula is C20H16F3N3O2. The first-order chi connectivity index (χ1) is 13.5. The summed E-state index contributed by atoms with van der Waals surface area (Å²) >= 11 is 0. The Morgan fingerprint density at radius 1 is 1.07 bits per heavy atom. The van der Waals surface area contributed by atoms with Gasteiger partial charge in [-0.1, -0.05) is 5.16 Å². The summed E-state index contributed by atoms with van der Waals surface area (Å²) in [5.74, 6) is -2.18. The van der Waals surface area contributed by atoms with Gasteiger partial charge in [-0.3, -0.25) is 4.79 Å². The Morgan fingerprint density at radius 3 is 2.61 bits per heavy atom. The predicted octanol–water partition coefficient (Wildman–Crippen LogP) is 4.17. The molecule has 1 saturated heterocycles. The van der Waals surface area contributed by atoms with E-state index in [4.69, 9.17) is 4.52 Å². The number of nitrogens with zero attached hydrogens (tertiary/aromatic N) is 3. The number of likely N-dealkylation sites (tertiary alicyclic amines) is 1. The number of carbonyl (C=O) groups is 1. The monoisotopic (exact) mass is 387 g/mol. The zero-order chi connectivity index (χ0) is 19.7. The zero-order valence-electron chi connectivity index (χ0n) is 14.7. The highest BCUT2D eigenvalue weighted by Gasteiger charge is 2.29. The van der Waals surface area contributed by atoms with Gasteiger partial charge in [0, 0.05) is 30.1 Å². The number of hydrogen-bond donors (Lipinski definition) is 0. The summed E-state index contributed by atoms with van der Waals surface area (Å²) in [4.78, 5) is 18.6. The highest BCUT2D eigenvalue weighted by Crippen LogP contribution is 2.28. The lowest BCUT2D eigenvalue weighted by Crippen LogP contribution is -2.39. The molecule has 8 heteroatoms. The van der Waals surface area contributed by atoms with E-state index in [1.54, 1.807) is 17.0 Å². The van der Waals surface area contributed by atoms with Crippen molar-refractivity contribution in [2.45, 2.75) is 18.8 Å². The minimum absolute atomic E-state index is 0.0969. The van der Waals surface area contributed by atoms with Crippen LogP contribution in [0.2, 0.25) is 0 Å². The van der Waals surface area contributed by atoms with Gasteiger partial charge in [0.1, 0.15) is 5.82 Å². The second kappa shape index (κ2) is 7.46. The highest BCUT2D eigenvalue weighted by molar-refractivity contribution is 5.94. The second-order valence-electron chi connectivity index (χ2n) is 6.68. The van der Waals surface area contributed by atoms with Crippen LogP contribution in [0.1, 0.15) is 34.9 Å². The summed E-state index contributed by atoms with van der Waals surface area (Å²) in [5.41, 5.74) is 0.699. The first kappa shape index (κ1) is 18.2. The van der Waals surface area contributed by atoms with E-state index in [1.807, 2.05) is 0 Å². The average Bonchev–Trinajstić information content (AvgIpc) is 3.20. The van der Waals surface area contributed by atoms with Crippen LogP contribution < -0.4 is 0 Å². The lowest BCUT2D eigenvalue weighted by atomic mass is 9.96. The molecule has 1 aliphatic rings. The smallest absolute Gasteiger partial charge is 0.257 e. The van der Waals surface area contributed by atoms with Gasteiger partial charge in [0.15, 0.2) is 17.5 Å². The first-order valence-electron chi connectivity index (χ1n) is 8.85. The molecule has 2 aromatic carbocycles. The van der Waals surface area contributed by atoms with Crippen LogP contribution in [-0.4, -0.2) is 34.0 Å². The maximum absolute atomic E-state index is 13.4. The Balaban J connectivity index is 1.50. The highest BCUT2D eigenvalue weighted by atomic mass is 19.2. The Bertz CT molecular complexity index is 1000. The van der Waals surface area contributed by atoms with Crippen molar-refractivity contribution >= 4 is 5.91 Å². The fourth-order valence-electron chi connectivity index (χ4n) is 3.29. The number of carbonyl (C=O) groups excluding carboxylic acids is 1. The summed E-state index contributed by atoms with van der Waals surface area (Å²) in [6, 6.07) is 8.83. The molecule has 1 amide bonds. The molecule has 1 fully saturated rings. The quantitative estimate of drug-likeness (QED) is 0.677. The third kappa shape index (κ3) is 3.62. The number of halogens is 3. The molecule has 0 radical (unpaired) electrons. The maximum atomic E-state index is 13.4. The number of amides is 1. The molecule has 0 saturated carbocycles. The van der Waals surface area contributed by atoms with Crippen molar-refractivity contribution in [3.05, 3.63) is 71.3 Å². The third-order valence-electron chi connectivity index (χ3n) is 4.77. The van der Waals surface area contributed by atoms with E-state index < -0.39 is 11.6 Å². The number of aromatic nitrogens is 2. The van der Waals surface area contributed by atoms with Gasteiger partial charge in [0.25, 0.3) is 11.8 Å². The standard InChI is InChI=1S/C20H16F3N3O2/c21-15-6-3-12(4-7-15)19-24-18(25-28-19)14-2-1-9-26(11-14)20(27)13-5-8-16(22)17(23)10-13/h3-8,10,14H,1-2,9,11H2/t14-/m0/s1. The van der Waals surface area contributed by atoms with Gasteiger partial charge in [-0.05, 0) is 55.3 Å². The molecule has 28 heavy (non-hydrogen) atoms. The molecule has 0 aliphatic carbocycles. The predicted molar refractivity (Wildman–Crippen MR) is 93.9 cm³/mol.